The lowest BCUT2D eigenvalue weighted by atomic mass is 10.0. The Morgan fingerprint density at radius 2 is 1.63 bits per heavy atom. The average Bonchev–Trinajstić information content (AvgIpc) is 2.99. The number of nitrogens with zero attached hydrogens (tertiary/aromatic N) is 4. The van der Waals surface area contributed by atoms with Gasteiger partial charge in [-0.25, -0.2) is 9.97 Å². The summed E-state index contributed by atoms with van der Waals surface area (Å²) in [6.07, 6.45) is 3.14. The minimum Gasteiger partial charge on any atom is -0.459 e. The van der Waals surface area contributed by atoms with E-state index in [0.717, 1.165) is 11.1 Å². The van der Waals surface area contributed by atoms with Crippen LogP contribution in [0.2, 0.25) is 0 Å². The maximum absolute atomic E-state index is 12.3. The first kappa shape index (κ1) is 21.3. The number of benzene rings is 1. The highest BCUT2D eigenvalue weighted by Crippen LogP contribution is 2.29. The zero-order chi connectivity index (χ0) is 22.2. The van der Waals surface area contributed by atoms with Gasteiger partial charge < -0.3 is 4.74 Å². The predicted octanol–water partition coefficient (Wildman–Crippen LogP) is 3.55. The summed E-state index contributed by atoms with van der Waals surface area (Å²) < 4.78 is 6.90. The first-order valence-corrected chi connectivity index (χ1v) is 9.53. The fraction of sp³-hybridized carbons (Fsp3) is 0.364. The summed E-state index contributed by atoms with van der Waals surface area (Å²) in [5, 5.41) is 5.02. The lowest BCUT2D eigenvalue weighted by Crippen LogP contribution is -2.27. The summed E-state index contributed by atoms with van der Waals surface area (Å²) in [6, 6.07) is 3.73. The van der Waals surface area contributed by atoms with E-state index in [0.29, 0.717) is 16.5 Å². The largest absolute Gasteiger partial charge is 0.459 e. The van der Waals surface area contributed by atoms with E-state index in [2.05, 4.69) is 15.1 Å². The molecule has 0 amide bonds. The molecule has 0 aliphatic heterocycles. The molecule has 30 heavy (non-hydrogen) atoms. The molecule has 3 aromatic rings. The number of hydrogen-bond donors (Lipinski definition) is 0. The number of ketones is 2. The summed E-state index contributed by atoms with van der Waals surface area (Å²) in [4.78, 5) is 44.1. The lowest BCUT2D eigenvalue weighted by molar-refractivity contribution is -0.155. The third-order valence-corrected chi connectivity index (χ3v) is 4.37. The monoisotopic (exact) mass is 408 g/mol. The highest BCUT2D eigenvalue weighted by Gasteiger charge is 2.22. The predicted molar refractivity (Wildman–Crippen MR) is 111 cm³/mol. The van der Waals surface area contributed by atoms with Crippen LogP contribution in [0.15, 0.2) is 24.5 Å². The smallest absolute Gasteiger partial charge is 0.328 e. The van der Waals surface area contributed by atoms with Crippen molar-refractivity contribution in [2.45, 2.75) is 53.7 Å². The van der Waals surface area contributed by atoms with Crippen molar-refractivity contribution in [3.8, 4) is 11.1 Å². The van der Waals surface area contributed by atoms with Crippen LogP contribution in [0.5, 0.6) is 0 Å². The topological polar surface area (TPSA) is 104 Å². The summed E-state index contributed by atoms with van der Waals surface area (Å²) in [6.45, 7) is 10.0. The van der Waals surface area contributed by atoms with E-state index < -0.39 is 11.6 Å². The molecule has 2 aromatic heterocycles. The molecular formula is C22H24N4O4. The number of fused-ring (bicyclic) bond motifs is 1. The molecule has 0 saturated heterocycles. The van der Waals surface area contributed by atoms with Crippen molar-refractivity contribution < 1.29 is 19.1 Å². The molecule has 156 valence electrons. The zero-order valence-corrected chi connectivity index (χ0v) is 17.9. The quantitative estimate of drug-likeness (QED) is 0.470. The highest BCUT2D eigenvalue weighted by atomic mass is 16.6. The Balaban J connectivity index is 2.09. The van der Waals surface area contributed by atoms with E-state index in [1.54, 1.807) is 33.2 Å². The Hall–Kier alpha value is -3.42. The normalized spacial score (nSPS) is 11.5. The second-order valence-electron chi connectivity index (χ2n) is 8.19. The van der Waals surface area contributed by atoms with Gasteiger partial charge in [-0.1, -0.05) is 0 Å². The van der Waals surface area contributed by atoms with Crippen LogP contribution >= 0.6 is 0 Å². The number of aromatic nitrogens is 4. The number of carbonyl (C=O) groups is 3. The molecule has 8 heteroatoms. The van der Waals surface area contributed by atoms with Gasteiger partial charge in [-0.05, 0) is 51.0 Å². The van der Waals surface area contributed by atoms with Gasteiger partial charge in [0.25, 0.3) is 0 Å². The number of hydrogen-bond acceptors (Lipinski definition) is 7. The molecule has 0 radical (unpaired) electrons. The van der Waals surface area contributed by atoms with Crippen molar-refractivity contribution in [3.05, 3.63) is 41.6 Å². The van der Waals surface area contributed by atoms with E-state index >= 15 is 0 Å². The summed E-state index contributed by atoms with van der Waals surface area (Å²) >= 11 is 0. The second-order valence-corrected chi connectivity index (χ2v) is 8.19. The van der Waals surface area contributed by atoms with Crippen LogP contribution in [0.3, 0.4) is 0 Å². The molecule has 0 spiro atoms. The molecule has 0 aliphatic carbocycles. The standard InChI is InChI=1S/C22H24N4O4/c1-12-7-15(16-9-23-21(14(3)28)24-10-16)8-17-19(13(2)27)25-26(20(12)17)11-18(29)30-22(4,5)6/h7-10H,11H2,1-6H3. The maximum atomic E-state index is 12.3. The first-order chi connectivity index (χ1) is 14.0. The van der Waals surface area contributed by atoms with Crippen LogP contribution in [0.4, 0.5) is 0 Å². The van der Waals surface area contributed by atoms with E-state index in [9.17, 15) is 14.4 Å². The Morgan fingerprint density at radius 3 is 2.17 bits per heavy atom. The molecule has 3 rings (SSSR count). The number of aryl methyl sites for hydroxylation is 1. The molecule has 1 aromatic carbocycles. The van der Waals surface area contributed by atoms with Crippen molar-refractivity contribution in [3.63, 3.8) is 0 Å². The van der Waals surface area contributed by atoms with Crippen molar-refractivity contribution in [2.75, 3.05) is 0 Å². The molecule has 0 aliphatic rings. The van der Waals surface area contributed by atoms with Crippen molar-refractivity contribution in [1.29, 1.82) is 0 Å². The number of ether oxygens (including phenoxy) is 1. The van der Waals surface area contributed by atoms with Gasteiger partial charge in [0.2, 0.25) is 0 Å². The lowest BCUT2D eigenvalue weighted by Gasteiger charge is -2.19. The van der Waals surface area contributed by atoms with Gasteiger partial charge in [0.05, 0.1) is 5.52 Å². The maximum Gasteiger partial charge on any atom is 0.328 e. The molecule has 8 nitrogen and oxygen atoms in total. The van der Waals surface area contributed by atoms with E-state index in [-0.39, 0.29) is 29.6 Å². The van der Waals surface area contributed by atoms with E-state index in [1.165, 1.54) is 18.5 Å². The SMILES string of the molecule is CC(=O)c1ncc(-c2cc(C)c3c(c2)c(C(C)=O)nn3CC(=O)OC(C)(C)C)cn1. The fourth-order valence-corrected chi connectivity index (χ4v) is 3.22. The van der Waals surface area contributed by atoms with Gasteiger partial charge in [-0.15, -0.1) is 0 Å². The number of Topliss-reactive ketones (excluding diaryl/α,β-unsaturated/α-hetero) is 2. The highest BCUT2D eigenvalue weighted by molar-refractivity contribution is 6.06. The molecule has 2 heterocycles. The Labute approximate surface area is 174 Å². The third kappa shape index (κ3) is 4.42. The number of carbonyl (C=O) groups excluding carboxylic acids is 3. The molecule has 0 saturated carbocycles. The minimum absolute atomic E-state index is 0.0995. The van der Waals surface area contributed by atoms with E-state index in [4.69, 9.17) is 4.74 Å². The first-order valence-electron chi connectivity index (χ1n) is 9.53. The van der Waals surface area contributed by atoms with E-state index in [1.807, 2.05) is 19.1 Å². The van der Waals surface area contributed by atoms with Crippen molar-refractivity contribution in [1.82, 2.24) is 19.7 Å². The van der Waals surface area contributed by atoms with Gasteiger partial charge in [0.1, 0.15) is 17.8 Å². The Kier molecular flexibility index (Phi) is 5.52. The van der Waals surface area contributed by atoms with Crippen LogP contribution in [-0.4, -0.2) is 42.9 Å². The Morgan fingerprint density at radius 1 is 1.00 bits per heavy atom. The van der Waals surface area contributed by atoms with Gasteiger partial charge in [0, 0.05) is 37.2 Å². The molecule has 0 fully saturated rings. The van der Waals surface area contributed by atoms with Crippen molar-refractivity contribution >= 4 is 28.4 Å². The molecule has 0 bridgehead atoms. The van der Waals surface area contributed by atoms with Gasteiger partial charge in [-0.2, -0.15) is 5.10 Å². The van der Waals surface area contributed by atoms with Crippen LogP contribution in [0.1, 0.15) is 61.3 Å². The minimum atomic E-state index is -0.613. The van der Waals surface area contributed by atoms with Crippen molar-refractivity contribution in [2.24, 2.45) is 0 Å². The molecule has 0 atom stereocenters. The number of esters is 1. The second kappa shape index (κ2) is 7.78. The van der Waals surface area contributed by atoms with Crippen LogP contribution in [-0.2, 0) is 16.1 Å². The third-order valence-electron chi connectivity index (χ3n) is 4.37. The molecule has 0 unspecified atom stereocenters. The van der Waals surface area contributed by atoms with Gasteiger partial charge in [0.15, 0.2) is 17.4 Å². The van der Waals surface area contributed by atoms with Crippen LogP contribution in [0.25, 0.3) is 22.0 Å². The van der Waals surface area contributed by atoms with Crippen LogP contribution in [0, 0.1) is 6.92 Å². The summed E-state index contributed by atoms with van der Waals surface area (Å²) in [5.41, 5.74) is 2.68. The molecule has 0 N–H and O–H groups in total. The van der Waals surface area contributed by atoms with Gasteiger partial charge in [-0.3, -0.25) is 19.1 Å². The fourth-order valence-electron chi connectivity index (χ4n) is 3.22. The summed E-state index contributed by atoms with van der Waals surface area (Å²) in [5.74, 6) is -0.706. The molecular weight excluding hydrogens is 384 g/mol. The Bertz CT molecular complexity index is 1150. The average molecular weight is 408 g/mol. The summed E-state index contributed by atoms with van der Waals surface area (Å²) in [7, 11) is 0. The van der Waals surface area contributed by atoms with Crippen LogP contribution < -0.4 is 0 Å². The number of rotatable bonds is 5. The zero-order valence-electron chi connectivity index (χ0n) is 17.9. The van der Waals surface area contributed by atoms with Gasteiger partial charge >= 0.3 is 5.97 Å².